The fraction of sp³-hybridized carbons (Fsp3) is 0.308. The van der Waals surface area contributed by atoms with E-state index >= 15 is 0 Å². The molecule has 0 fully saturated rings. The van der Waals surface area contributed by atoms with Gasteiger partial charge in [-0.15, -0.1) is 0 Å². The minimum atomic E-state index is -0.114. The Bertz CT molecular complexity index is 597. The number of nitrogens with zero attached hydrogens (tertiary/aromatic N) is 3. The molecule has 0 saturated heterocycles. The van der Waals surface area contributed by atoms with Crippen LogP contribution in [0.4, 0.5) is 5.69 Å². The predicted molar refractivity (Wildman–Crippen MR) is 78.3 cm³/mol. The summed E-state index contributed by atoms with van der Waals surface area (Å²) >= 11 is 3.31. The molecule has 0 atom stereocenters. The Labute approximate surface area is 119 Å². The van der Waals surface area contributed by atoms with E-state index in [1.54, 1.807) is 18.6 Å². The average molecular weight is 323 g/mol. The van der Waals surface area contributed by atoms with Gasteiger partial charge >= 0.3 is 0 Å². The summed E-state index contributed by atoms with van der Waals surface area (Å²) in [5.41, 5.74) is 1.81. The number of nitrogens with one attached hydrogen (secondary N) is 1. The van der Waals surface area contributed by atoms with Crippen molar-refractivity contribution in [3.8, 4) is 0 Å². The number of pyridine rings is 1. The van der Waals surface area contributed by atoms with Gasteiger partial charge in [0.25, 0.3) is 5.56 Å². The third kappa shape index (κ3) is 3.41. The highest BCUT2D eigenvalue weighted by Crippen LogP contribution is 2.15. The van der Waals surface area contributed by atoms with Crippen molar-refractivity contribution in [3.05, 3.63) is 51.1 Å². The van der Waals surface area contributed by atoms with Crippen LogP contribution in [-0.4, -0.2) is 21.3 Å². The highest BCUT2D eigenvalue weighted by Gasteiger charge is 2.07. The highest BCUT2D eigenvalue weighted by atomic mass is 79.9. The van der Waals surface area contributed by atoms with Crippen LogP contribution in [-0.2, 0) is 13.0 Å². The standard InChI is InChI=1S/C13H15BrN4O/c1-2-18-13(19)12(14)11(9-17-18)16-8-5-10-3-6-15-7-4-10/h3-4,6-7,9,16H,2,5,8H2,1H3. The second-order valence-electron chi connectivity index (χ2n) is 4.03. The second-order valence-corrected chi connectivity index (χ2v) is 4.82. The maximum absolute atomic E-state index is 11.9. The number of aryl methyl sites for hydroxylation is 1. The molecule has 0 amide bonds. The number of halogens is 1. The van der Waals surface area contributed by atoms with Gasteiger partial charge in [-0.3, -0.25) is 9.78 Å². The molecule has 0 radical (unpaired) electrons. The Morgan fingerprint density at radius 3 is 2.79 bits per heavy atom. The number of hydrogen-bond donors (Lipinski definition) is 1. The van der Waals surface area contributed by atoms with Crippen molar-refractivity contribution < 1.29 is 0 Å². The highest BCUT2D eigenvalue weighted by molar-refractivity contribution is 9.10. The predicted octanol–water partition coefficient (Wildman–Crippen LogP) is 2.08. The normalized spacial score (nSPS) is 10.4. The number of aromatic nitrogens is 3. The number of hydrogen-bond acceptors (Lipinski definition) is 4. The molecule has 1 N–H and O–H groups in total. The summed E-state index contributed by atoms with van der Waals surface area (Å²) in [4.78, 5) is 15.8. The molecule has 2 aromatic heterocycles. The minimum Gasteiger partial charge on any atom is -0.382 e. The van der Waals surface area contributed by atoms with Gasteiger partial charge in [0.05, 0.1) is 11.9 Å². The van der Waals surface area contributed by atoms with Gasteiger partial charge in [0.15, 0.2) is 0 Å². The molecule has 0 bridgehead atoms. The van der Waals surface area contributed by atoms with Crippen LogP contribution in [0.3, 0.4) is 0 Å². The van der Waals surface area contributed by atoms with E-state index < -0.39 is 0 Å². The third-order valence-corrected chi connectivity index (χ3v) is 3.53. The first kappa shape index (κ1) is 13.7. The summed E-state index contributed by atoms with van der Waals surface area (Å²) in [5.74, 6) is 0. The van der Waals surface area contributed by atoms with Gasteiger partial charge in [-0.2, -0.15) is 5.10 Å². The average Bonchev–Trinajstić information content (AvgIpc) is 2.45. The van der Waals surface area contributed by atoms with Crippen molar-refractivity contribution in [1.29, 1.82) is 0 Å². The molecule has 0 aliphatic rings. The number of anilines is 1. The first-order valence-corrected chi connectivity index (χ1v) is 6.90. The van der Waals surface area contributed by atoms with Crippen molar-refractivity contribution >= 4 is 21.6 Å². The molecule has 0 spiro atoms. The molecule has 0 aromatic carbocycles. The fourth-order valence-electron chi connectivity index (χ4n) is 1.70. The van der Waals surface area contributed by atoms with Crippen molar-refractivity contribution in [3.63, 3.8) is 0 Å². The van der Waals surface area contributed by atoms with Gasteiger partial charge in [-0.1, -0.05) is 0 Å². The quantitative estimate of drug-likeness (QED) is 0.915. The maximum Gasteiger partial charge on any atom is 0.283 e. The van der Waals surface area contributed by atoms with Crippen LogP contribution in [0.5, 0.6) is 0 Å². The van der Waals surface area contributed by atoms with Gasteiger partial charge < -0.3 is 5.32 Å². The minimum absolute atomic E-state index is 0.114. The largest absolute Gasteiger partial charge is 0.382 e. The van der Waals surface area contributed by atoms with Crippen LogP contribution in [0, 0.1) is 0 Å². The molecule has 2 heterocycles. The van der Waals surface area contributed by atoms with E-state index in [1.165, 1.54) is 10.2 Å². The van der Waals surface area contributed by atoms with Gasteiger partial charge in [0, 0.05) is 25.5 Å². The van der Waals surface area contributed by atoms with E-state index in [2.05, 4.69) is 31.3 Å². The zero-order chi connectivity index (χ0) is 13.7. The number of rotatable bonds is 5. The summed E-state index contributed by atoms with van der Waals surface area (Å²) in [5, 5.41) is 7.30. The monoisotopic (exact) mass is 322 g/mol. The second kappa shape index (κ2) is 6.47. The molecule has 0 unspecified atom stereocenters. The lowest BCUT2D eigenvalue weighted by Gasteiger charge is -2.09. The molecule has 6 heteroatoms. The molecule has 2 aromatic rings. The summed E-state index contributed by atoms with van der Waals surface area (Å²) in [6, 6.07) is 3.95. The van der Waals surface area contributed by atoms with Crippen molar-refractivity contribution in [2.45, 2.75) is 19.9 Å². The van der Waals surface area contributed by atoms with E-state index in [0.29, 0.717) is 11.0 Å². The van der Waals surface area contributed by atoms with Crippen molar-refractivity contribution in [2.24, 2.45) is 0 Å². The lowest BCUT2D eigenvalue weighted by molar-refractivity contribution is 0.613. The van der Waals surface area contributed by atoms with Crippen LogP contribution in [0.2, 0.25) is 0 Å². The Hall–Kier alpha value is -1.69. The summed E-state index contributed by atoms with van der Waals surface area (Å²) < 4.78 is 1.94. The Kier molecular flexibility index (Phi) is 4.68. The van der Waals surface area contributed by atoms with Gasteiger partial charge in [-0.25, -0.2) is 4.68 Å². The summed E-state index contributed by atoms with van der Waals surface area (Å²) in [6.07, 6.45) is 6.08. The van der Waals surface area contributed by atoms with Gasteiger partial charge in [-0.05, 0) is 47.0 Å². The molecular weight excluding hydrogens is 308 g/mol. The van der Waals surface area contributed by atoms with Crippen molar-refractivity contribution in [1.82, 2.24) is 14.8 Å². The lowest BCUT2D eigenvalue weighted by atomic mass is 10.2. The Morgan fingerprint density at radius 1 is 1.37 bits per heavy atom. The van der Waals surface area contributed by atoms with Crippen molar-refractivity contribution in [2.75, 3.05) is 11.9 Å². The van der Waals surface area contributed by atoms with Crippen LogP contribution >= 0.6 is 15.9 Å². The SMILES string of the molecule is CCn1ncc(NCCc2ccncc2)c(Br)c1=O. The summed E-state index contributed by atoms with van der Waals surface area (Å²) in [6.45, 7) is 3.19. The molecule has 0 aliphatic carbocycles. The molecule has 100 valence electrons. The third-order valence-electron chi connectivity index (χ3n) is 2.76. The van der Waals surface area contributed by atoms with E-state index in [1.807, 2.05) is 19.1 Å². The topological polar surface area (TPSA) is 59.8 Å². The molecule has 5 nitrogen and oxygen atoms in total. The fourth-order valence-corrected chi connectivity index (χ4v) is 2.15. The van der Waals surface area contributed by atoms with Crippen LogP contribution in [0.15, 0.2) is 40.0 Å². The van der Waals surface area contributed by atoms with Crippen LogP contribution in [0.1, 0.15) is 12.5 Å². The molecule has 0 aliphatic heterocycles. The van der Waals surface area contributed by atoms with E-state index in [4.69, 9.17) is 0 Å². The van der Waals surface area contributed by atoms with Gasteiger partial charge in [0.2, 0.25) is 0 Å². The molecule has 0 saturated carbocycles. The maximum atomic E-state index is 11.9. The van der Waals surface area contributed by atoms with Crippen LogP contribution < -0.4 is 10.9 Å². The Balaban J connectivity index is 2.01. The molecule has 2 rings (SSSR count). The van der Waals surface area contributed by atoms with Crippen LogP contribution in [0.25, 0.3) is 0 Å². The summed E-state index contributed by atoms with van der Waals surface area (Å²) in [7, 11) is 0. The van der Waals surface area contributed by atoms with E-state index in [9.17, 15) is 4.79 Å². The smallest absolute Gasteiger partial charge is 0.283 e. The zero-order valence-electron chi connectivity index (χ0n) is 10.6. The van der Waals surface area contributed by atoms with E-state index in [0.717, 1.165) is 18.7 Å². The Morgan fingerprint density at radius 2 is 2.11 bits per heavy atom. The van der Waals surface area contributed by atoms with Gasteiger partial charge in [0.1, 0.15) is 4.47 Å². The first-order chi connectivity index (χ1) is 9.22. The first-order valence-electron chi connectivity index (χ1n) is 6.10. The van der Waals surface area contributed by atoms with E-state index in [-0.39, 0.29) is 5.56 Å². The molecular formula is C13H15BrN4O. The zero-order valence-corrected chi connectivity index (χ0v) is 12.2. The molecule has 19 heavy (non-hydrogen) atoms. The lowest BCUT2D eigenvalue weighted by Crippen LogP contribution is -2.23.